The zero-order valence-corrected chi connectivity index (χ0v) is 17.1. The van der Waals surface area contributed by atoms with Crippen LogP contribution in [0.2, 0.25) is 18.1 Å². The number of hydrogen-bond donors (Lipinski definition) is 0. The Labute approximate surface area is 149 Å². The van der Waals surface area contributed by atoms with Crippen LogP contribution in [-0.4, -0.2) is 35.0 Å². The quantitative estimate of drug-likeness (QED) is 0.296. The topological polar surface area (TPSA) is 52.6 Å². The molecule has 9 heteroatoms. The first-order valence-electron chi connectivity index (χ1n) is 8.46. The van der Waals surface area contributed by atoms with E-state index in [2.05, 4.69) is 44.1 Å². The van der Waals surface area contributed by atoms with E-state index in [1.807, 2.05) is 6.08 Å². The van der Waals surface area contributed by atoms with Gasteiger partial charge in [-0.15, -0.1) is 0 Å². The van der Waals surface area contributed by atoms with Gasteiger partial charge in [0.2, 0.25) is 0 Å². The first kappa shape index (κ1) is 20.9. The Hall–Kier alpha value is -0.383. The van der Waals surface area contributed by atoms with Gasteiger partial charge in [0, 0.05) is 5.92 Å². The van der Waals surface area contributed by atoms with Gasteiger partial charge in [-0.25, -0.2) is 0 Å². The highest BCUT2D eigenvalue weighted by atomic mass is 32.2. The van der Waals surface area contributed by atoms with Crippen molar-refractivity contribution >= 4 is 18.4 Å². The van der Waals surface area contributed by atoms with Crippen LogP contribution in [0.1, 0.15) is 33.6 Å². The molecule has 2 aliphatic rings. The lowest BCUT2D eigenvalue weighted by Crippen LogP contribution is -2.46. The van der Waals surface area contributed by atoms with Crippen molar-refractivity contribution in [2.75, 3.05) is 6.61 Å². The van der Waals surface area contributed by atoms with Crippen molar-refractivity contribution in [3.05, 3.63) is 12.2 Å². The summed E-state index contributed by atoms with van der Waals surface area (Å²) in [6.45, 7) is 9.96. The molecule has 2 rings (SSSR count). The van der Waals surface area contributed by atoms with Crippen molar-refractivity contribution in [2.24, 2.45) is 17.8 Å². The summed E-state index contributed by atoms with van der Waals surface area (Å²) in [6, 6.07) is 0. The largest absolute Gasteiger partial charge is 0.523 e. The molecular formula is C16H27F3O4SSi. The second kappa shape index (κ2) is 6.65. The van der Waals surface area contributed by atoms with E-state index in [9.17, 15) is 21.6 Å². The normalized spacial score (nSPS) is 30.7. The summed E-state index contributed by atoms with van der Waals surface area (Å²) in [4.78, 5) is 0. The Bertz CT molecular complexity index is 622. The van der Waals surface area contributed by atoms with Crippen LogP contribution in [0.4, 0.5) is 13.2 Å². The molecule has 1 fully saturated rings. The minimum Gasteiger partial charge on any atom is -0.414 e. The van der Waals surface area contributed by atoms with Crippen LogP contribution in [0.3, 0.4) is 0 Å². The Morgan fingerprint density at radius 2 is 1.80 bits per heavy atom. The van der Waals surface area contributed by atoms with E-state index in [0.29, 0.717) is 6.42 Å². The minimum atomic E-state index is -5.57. The first-order valence-corrected chi connectivity index (χ1v) is 12.8. The van der Waals surface area contributed by atoms with Crippen molar-refractivity contribution < 1.29 is 30.2 Å². The summed E-state index contributed by atoms with van der Waals surface area (Å²) in [6.07, 6.45) is 5.22. The third-order valence-corrected chi connectivity index (χ3v) is 11.3. The molecule has 1 saturated carbocycles. The fourth-order valence-electron chi connectivity index (χ4n) is 3.35. The molecule has 0 aromatic rings. The van der Waals surface area contributed by atoms with Crippen LogP contribution < -0.4 is 0 Å². The summed E-state index contributed by atoms with van der Waals surface area (Å²) < 4.78 is 70.9. The van der Waals surface area contributed by atoms with Gasteiger partial charge in [0.25, 0.3) is 0 Å². The maximum atomic E-state index is 12.6. The lowest BCUT2D eigenvalue weighted by molar-refractivity contribution is -0.0564. The number of halogens is 3. The Kier molecular flexibility index (Phi) is 5.57. The van der Waals surface area contributed by atoms with E-state index in [-0.39, 0.29) is 28.9 Å². The highest BCUT2D eigenvalue weighted by Crippen LogP contribution is 2.48. The molecule has 146 valence electrons. The standard InChI is InChI=1S/C16H27F3O4SSi/c1-15(2,3)25(4,5)23-14-9-11-7-6-8-12(11)13(14)10-22-24(20,21)16(17,18)19/h6-7,11-14H,8-10H2,1-5H3/t11-,12-,13+,14+/m0/s1. The number of fused-ring (bicyclic) bond motifs is 1. The van der Waals surface area contributed by atoms with Crippen LogP contribution in [0.5, 0.6) is 0 Å². The molecule has 0 radical (unpaired) electrons. The van der Waals surface area contributed by atoms with Crippen LogP contribution in [0.25, 0.3) is 0 Å². The summed E-state index contributed by atoms with van der Waals surface area (Å²) in [5.41, 5.74) is -5.39. The van der Waals surface area contributed by atoms with Gasteiger partial charge in [-0.2, -0.15) is 21.6 Å². The van der Waals surface area contributed by atoms with Gasteiger partial charge in [-0.1, -0.05) is 32.9 Å². The van der Waals surface area contributed by atoms with Gasteiger partial charge in [-0.05, 0) is 42.8 Å². The molecule has 25 heavy (non-hydrogen) atoms. The van der Waals surface area contributed by atoms with Gasteiger partial charge in [0.05, 0.1) is 12.7 Å². The summed E-state index contributed by atoms with van der Waals surface area (Å²) in [5.74, 6) is -0.0542. The Morgan fingerprint density at radius 1 is 1.20 bits per heavy atom. The second-order valence-corrected chi connectivity index (χ2v) is 14.9. The monoisotopic (exact) mass is 400 g/mol. The highest BCUT2D eigenvalue weighted by molar-refractivity contribution is 7.87. The minimum absolute atomic E-state index is 0.0377. The Morgan fingerprint density at radius 3 is 2.32 bits per heavy atom. The molecule has 0 amide bonds. The molecule has 2 aliphatic carbocycles. The highest BCUT2D eigenvalue weighted by Gasteiger charge is 2.51. The molecule has 0 bridgehead atoms. The van der Waals surface area contributed by atoms with E-state index in [1.165, 1.54) is 0 Å². The first-order chi connectivity index (χ1) is 11.2. The van der Waals surface area contributed by atoms with E-state index in [1.54, 1.807) is 0 Å². The molecule has 0 spiro atoms. The number of hydrogen-bond acceptors (Lipinski definition) is 4. The SMILES string of the molecule is CC(C)(C)[Si](C)(C)O[C@@H]1C[C@@H]2C=CC[C@@H]2[C@H]1COS(=O)(=O)C(F)(F)F. The fraction of sp³-hybridized carbons (Fsp3) is 0.875. The van der Waals surface area contributed by atoms with E-state index in [0.717, 1.165) is 6.42 Å². The van der Waals surface area contributed by atoms with Crippen molar-refractivity contribution in [1.29, 1.82) is 0 Å². The molecule has 0 unspecified atom stereocenters. The fourth-order valence-corrected chi connectivity index (χ4v) is 5.20. The van der Waals surface area contributed by atoms with Crippen LogP contribution in [0.15, 0.2) is 12.2 Å². The average Bonchev–Trinajstić information content (AvgIpc) is 2.94. The third-order valence-electron chi connectivity index (χ3n) is 5.82. The molecule has 0 saturated heterocycles. The maximum Gasteiger partial charge on any atom is 0.523 e. The lowest BCUT2D eigenvalue weighted by atomic mass is 9.91. The number of alkyl halides is 3. The predicted octanol–water partition coefficient (Wildman–Crippen LogP) is 4.46. The zero-order valence-electron chi connectivity index (χ0n) is 15.3. The van der Waals surface area contributed by atoms with Crippen LogP contribution >= 0.6 is 0 Å². The molecule has 4 nitrogen and oxygen atoms in total. The maximum absolute atomic E-state index is 12.6. The predicted molar refractivity (Wildman–Crippen MR) is 91.8 cm³/mol. The van der Waals surface area contributed by atoms with E-state index >= 15 is 0 Å². The van der Waals surface area contributed by atoms with Crippen molar-refractivity contribution in [2.45, 2.75) is 63.4 Å². The zero-order chi connectivity index (χ0) is 19.3. The average molecular weight is 401 g/mol. The molecular weight excluding hydrogens is 373 g/mol. The smallest absolute Gasteiger partial charge is 0.414 e. The van der Waals surface area contributed by atoms with Gasteiger partial charge < -0.3 is 4.43 Å². The molecule has 0 N–H and O–H groups in total. The molecule has 0 aromatic carbocycles. The van der Waals surface area contributed by atoms with E-state index in [4.69, 9.17) is 4.43 Å². The summed E-state index contributed by atoms with van der Waals surface area (Å²) in [7, 11) is -7.70. The van der Waals surface area contributed by atoms with Crippen molar-refractivity contribution in [1.82, 2.24) is 0 Å². The molecule has 4 atom stereocenters. The van der Waals surface area contributed by atoms with Crippen molar-refractivity contribution in [3.8, 4) is 0 Å². The molecule has 0 heterocycles. The van der Waals surface area contributed by atoms with Crippen LogP contribution in [0, 0.1) is 17.8 Å². The van der Waals surface area contributed by atoms with Gasteiger partial charge in [0.1, 0.15) is 0 Å². The summed E-state index contributed by atoms with van der Waals surface area (Å²) in [5, 5.41) is -0.0377. The van der Waals surface area contributed by atoms with Gasteiger partial charge in [-0.3, -0.25) is 4.18 Å². The van der Waals surface area contributed by atoms with Crippen molar-refractivity contribution in [3.63, 3.8) is 0 Å². The Balaban J connectivity index is 2.15. The third kappa shape index (κ3) is 4.31. The number of allylic oxidation sites excluding steroid dienone is 2. The van der Waals surface area contributed by atoms with Gasteiger partial charge in [0.15, 0.2) is 8.32 Å². The second-order valence-electron chi connectivity index (χ2n) is 8.49. The lowest BCUT2D eigenvalue weighted by Gasteiger charge is -2.40. The van der Waals surface area contributed by atoms with E-state index < -0.39 is 30.6 Å². The molecule has 0 aromatic heterocycles. The van der Waals surface area contributed by atoms with Crippen LogP contribution in [-0.2, 0) is 18.7 Å². The van der Waals surface area contributed by atoms with Gasteiger partial charge >= 0.3 is 15.6 Å². The molecule has 0 aliphatic heterocycles. The summed E-state index contributed by atoms with van der Waals surface area (Å²) >= 11 is 0. The number of rotatable bonds is 5.